The summed E-state index contributed by atoms with van der Waals surface area (Å²) in [5.41, 5.74) is 2.15. The zero-order valence-corrected chi connectivity index (χ0v) is 11.4. The van der Waals surface area contributed by atoms with Crippen molar-refractivity contribution in [2.24, 2.45) is 0 Å². The highest BCUT2D eigenvalue weighted by molar-refractivity contribution is 5.83. The molecule has 0 bridgehead atoms. The molecule has 0 saturated carbocycles. The molecule has 1 fully saturated rings. The molecular formula is C15H19N3O. The molecule has 1 saturated heterocycles. The molecule has 0 amide bonds. The lowest BCUT2D eigenvalue weighted by Gasteiger charge is -2.25. The molecule has 4 heteroatoms. The zero-order chi connectivity index (χ0) is 13.2. The van der Waals surface area contributed by atoms with Crippen molar-refractivity contribution in [3.8, 4) is 5.75 Å². The van der Waals surface area contributed by atoms with Crippen LogP contribution in [0.3, 0.4) is 0 Å². The molecule has 100 valence electrons. The molecular weight excluding hydrogens is 238 g/mol. The monoisotopic (exact) mass is 257 g/mol. The molecule has 1 aromatic heterocycles. The Morgan fingerprint density at radius 2 is 2.26 bits per heavy atom. The van der Waals surface area contributed by atoms with Gasteiger partial charge in [0.25, 0.3) is 0 Å². The molecule has 2 aromatic rings. The average molecular weight is 257 g/mol. The van der Waals surface area contributed by atoms with Gasteiger partial charge in [0.1, 0.15) is 5.75 Å². The van der Waals surface area contributed by atoms with Crippen molar-refractivity contribution < 1.29 is 4.74 Å². The van der Waals surface area contributed by atoms with Crippen molar-refractivity contribution in [2.45, 2.75) is 12.5 Å². The fraction of sp³-hybridized carbons (Fsp3) is 0.400. The van der Waals surface area contributed by atoms with Crippen LogP contribution < -0.4 is 15.0 Å². The van der Waals surface area contributed by atoms with Gasteiger partial charge in [-0.2, -0.15) is 0 Å². The van der Waals surface area contributed by atoms with E-state index in [1.165, 1.54) is 12.1 Å². The van der Waals surface area contributed by atoms with Crippen molar-refractivity contribution in [3.05, 3.63) is 30.5 Å². The molecule has 0 radical (unpaired) electrons. The van der Waals surface area contributed by atoms with E-state index in [1.54, 1.807) is 7.11 Å². The van der Waals surface area contributed by atoms with E-state index in [-0.39, 0.29) is 0 Å². The molecule has 1 aromatic carbocycles. The molecule has 0 spiro atoms. The number of hydrogen-bond acceptors (Lipinski definition) is 4. The van der Waals surface area contributed by atoms with Crippen molar-refractivity contribution in [2.75, 3.05) is 32.1 Å². The first-order chi connectivity index (χ1) is 9.28. The number of anilines is 1. The maximum atomic E-state index is 5.22. The van der Waals surface area contributed by atoms with Gasteiger partial charge in [-0.25, -0.2) is 0 Å². The van der Waals surface area contributed by atoms with Crippen LogP contribution in [0.1, 0.15) is 6.42 Å². The number of likely N-dealkylation sites (N-methyl/N-ethyl adjacent to an activating group) is 1. The molecule has 1 aliphatic heterocycles. The van der Waals surface area contributed by atoms with Crippen LogP contribution in [0.2, 0.25) is 0 Å². The van der Waals surface area contributed by atoms with Crippen LogP contribution in [-0.2, 0) is 0 Å². The van der Waals surface area contributed by atoms with Crippen LogP contribution in [0.5, 0.6) is 5.75 Å². The SMILES string of the molecule is COc1ccc2cc(N(C)C3CCNC3)cnc2c1. The number of ether oxygens (including phenoxy) is 1. The van der Waals surface area contributed by atoms with Crippen LogP contribution in [0.25, 0.3) is 10.9 Å². The number of hydrogen-bond donors (Lipinski definition) is 1. The number of pyridine rings is 1. The number of nitrogens with zero attached hydrogens (tertiary/aromatic N) is 2. The first kappa shape index (κ1) is 12.2. The third-order valence-corrected chi connectivity index (χ3v) is 3.87. The van der Waals surface area contributed by atoms with Gasteiger partial charge in [-0.3, -0.25) is 4.98 Å². The highest BCUT2D eigenvalue weighted by atomic mass is 16.5. The van der Waals surface area contributed by atoms with Crippen molar-refractivity contribution in [3.63, 3.8) is 0 Å². The molecule has 1 atom stereocenters. The molecule has 2 heterocycles. The Labute approximate surface area is 113 Å². The average Bonchev–Trinajstić information content (AvgIpc) is 2.99. The predicted molar refractivity (Wildman–Crippen MR) is 78.0 cm³/mol. The second-order valence-corrected chi connectivity index (χ2v) is 5.01. The second kappa shape index (κ2) is 5.05. The lowest BCUT2D eigenvalue weighted by molar-refractivity contribution is 0.415. The minimum atomic E-state index is 0.567. The second-order valence-electron chi connectivity index (χ2n) is 5.01. The fourth-order valence-corrected chi connectivity index (χ4v) is 2.59. The highest BCUT2D eigenvalue weighted by Crippen LogP contribution is 2.24. The highest BCUT2D eigenvalue weighted by Gasteiger charge is 2.19. The van der Waals surface area contributed by atoms with E-state index in [2.05, 4.69) is 34.4 Å². The Balaban J connectivity index is 1.92. The van der Waals surface area contributed by atoms with Crippen LogP contribution in [0.15, 0.2) is 30.5 Å². The van der Waals surface area contributed by atoms with Gasteiger partial charge in [-0.1, -0.05) is 0 Å². The van der Waals surface area contributed by atoms with Gasteiger partial charge in [0, 0.05) is 31.1 Å². The Hall–Kier alpha value is -1.81. The largest absolute Gasteiger partial charge is 0.497 e. The number of rotatable bonds is 3. The first-order valence-corrected chi connectivity index (χ1v) is 6.65. The fourth-order valence-electron chi connectivity index (χ4n) is 2.59. The Morgan fingerprint density at radius 1 is 1.37 bits per heavy atom. The molecule has 0 aliphatic carbocycles. The molecule has 1 N–H and O–H groups in total. The normalized spacial score (nSPS) is 18.7. The lowest BCUT2D eigenvalue weighted by Crippen LogP contribution is -2.33. The Morgan fingerprint density at radius 3 is 3.00 bits per heavy atom. The van der Waals surface area contributed by atoms with E-state index in [4.69, 9.17) is 4.74 Å². The van der Waals surface area contributed by atoms with E-state index in [9.17, 15) is 0 Å². The summed E-state index contributed by atoms with van der Waals surface area (Å²) in [6.45, 7) is 2.16. The maximum absolute atomic E-state index is 5.22. The summed E-state index contributed by atoms with van der Waals surface area (Å²) < 4.78 is 5.22. The van der Waals surface area contributed by atoms with Gasteiger partial charge in [0.15, 0.2) is 0 Å². The van der Waals surface area contributed by atoms with Crippen molar-refractivity contribution in [1.82, 2.24) is 10.3 Å². The Bertz CT molecular complexity index is 579. The minimum Gasteiger partial charge on any atom is -0.497 e. The quantitative estimate of drug-likeness (QED) is 0.913. The lowest BCUT2D eigenvalue weighted by atomic mass is 10.1. The van der Waals surface area contributed by atoms with Gasteiger partial charge in [0.2, 0.25) is 0 Å². The standard InChI is InChI=1S/C15H19N3O/c1-18(12-5-6-16-9-12)13-7-11-3-4-14(19-2)8-15(11)17-10-13/h3-4,7-8,10,12,16H,5-6,9H2,1-2H3. The summed E-state index contributed by atoms with van der Waals surface area (Å²) in [7, 11) is 3.82. The molecule has 1 aliphatic rings. The summed E-state index contributed by atoms with van der Waals surface area (Å²) in [5, 5.41) is 4.55. The van der Waals surface area contributed by atoms with Gasteiger partial charge in [-0.15, -0.1) is 0 Å². The van der Waals surface area contributed by atoms with E-state index in [0.29, 0.717) is 6.04 Å². The minimum absolute atomic E-state index is 0.567. The number of fused-ring (bicyclic) bond motifs is 1. The zero-order valence-electron chi connectivity index (χ0n) is 11.4. The Kier molecular flexibility index (Phi) is 3.25. The van der Waals surface area contributed by atoms with E-state index >= 15 is 0 Å². The van der Waals surface area contributed by atoms with Crippen LogP contribution in [0.4, 0.5) is 5.69 Å². The summed E-state index contributed by atoms with van der Waals surface area (Å²) >= 11 is 0. The topological polar surface area (TPSA) is 37.4 Å². The van der Waals surface area contributed by atoms with E-state index in [1.807, 2.05) is 18.3 Å². The summed E-state index contributed by atoms with van der Waals surface area (Å²) in [4.78, 5) is 6.86. The molecule has 19 heavy (non-hydrogen) atoms. The number of aromatic nitrogens is 1. The molecule has 1 unspecified atom stereocenters. The predicted octanol–water partition coefficient (Wildman–Crippen LogP) is 2.04. The van der Waals surface area contributed by atoms with Crippen LogP contribution in [0, 0.1) is 0 Å². The van der Waals surface area contributed by atoms with Gasteiger partial charge >= 0.3 is 0 Å². The maximum Gasteiger partial charge on any atom is 0.121 e. The summed E-state index contributed by atoms with van der Waals surface area (Å²) in [6, 6.07) is 8.77. The van der Waals surface area contributed by atoms with Gasteiger partial charge < -0.3 is 15.0 Å². The van der Waals surface area contributed by atoms with Gasteiger partial charge in [0.05, 0.1) is 24.5 Å². The number of methoxy groups -OCH3 is 1. The third-order valence-electron chi connectivity index (χ3n) is 3.87. The smallest absolute Gasteiger partial charge is 0.121 e. The van der Waals surface area contributed by atoms with E-state index in [0.717, 1.165) is 29.7 Å². The van der Waals surface area contributed by atoms with Gasteiger partial charge in [-0.05, 0) is 31.2 Å². The van der Waals surface area contributed by atoms with Crippen molar-refractivity contribution >= 4 is 16.6 Å². The first-order valence-electron chi connectivity index (χ1n) is 6.65. The van der Waals surface area contributed by atoms with Crippen LogP contribution in [-0.4, -0.2) is 38.3 Å². The van der Waals surface area contributed by atoms with Crippen LogP contribution >= 0.6 is 0 Å². The summed E-state index contributed by atoms with van der Waals surface area (Å²) in [5.74, 6) is 0.848. The molecule has 4 nitrogen and oxygen atoms in total. The third kappa shape index (κ3) is 2.36. The number of benzene rings is 1. The van der Waals surface area contributed by atoms with E-state index < -0.39 is 0 Å². The number of nitrogens with one attached hydrogen (secondary N) is 1. The van der Waals surface area contributed by atoms with Crippen molar-refractivity contribution in [1.29, 1.82) is 0 Å². The molecule has 3 rings (SSSR count). The summed E-state index contributed by atoms with van der Waals surface area (Å²) in [6.07, 6.45) is 3.14.